The summed E-state index contributed by atoms with van der Waals surface area (Å²) in [5.74, 6) is -0.369. The lowest BCUT2D eigenvalue weighted by Crippen LogP contribution is -2.09. The number of nitrogen functional groups attached to an aromatic ring is 1. The van der Waals surface area contributed by atoms with Crippen LogP contribution in [0.1, 0.15) is 23.7 Å². The summed E-state index contributed by atoms with van der Waals surface area (Å²) < 4.78 is 5.26. The van der Waals surface area contributed by atoms with Crippen LogP contribution in [0.15, 0.2) is 60.7 Å². The maximum Gasteiger partial charge on any atom is 0.340 e. The molecule has 0 unspecified atom stereocenters. The van der Waals surface area contributed by atoms with E-state index in [1.165, 1.54) is 0 Å². The van der Waals surface area contributed by atoms with Crippen molar-refractivity contribution < 1.29 is 9.53 Å². The Bertz CT molecular complexity index is 869. The lowest BCUT2D eigenvalue weighted by atomic mass is 10.1. The Morgan fingerprint density at radius 3 is 2.67 bits per heavy atom. The normalized spacial score (nSPS) is 10.5. The number of nitrogens with two attached hydrogens (primary N) is 1. The van der Waals surface area contributed by atoms with Gasteiger partial charge >= 0.3 is 5.97 Å². The van der Waals surface area contributed by atoms with Crippen molar-refractivity contribution in [1.29, 1.82) is 0 Å². The zero-order valence-electron chi connectivity index (χ0n) is 13.6. The molecular weight excluding hydrogens is 300 g/mol. The molecule has 4 heteroatoms. The number of anilines is 3. The van der Waals surface area contributed by atoms with E-state index in [1.807, 2.05) is 37.3 Å². The van der Waals surface area contributed by atoms with Crippen LogP contribution in [0.2, 0.25) is 0 Å². The highest BCUT2D eigenvalue weighted by atomic mass is 16.5. The largest absolute Gasteiger partial charge is 0.462 e. The number of nitrogens with one attached hydrogen (secondary N) is 1. The molecule has 0 amide bonds. The fraction of sp³-hybridized carbons (Fsp3) is 0.150. The summed E-state index contributed by atoms with van der Waals surface area (Å²) in [6.07, 6.45) is 0.778. The Hall–Kier alpha value is -3.01. The maximum atomic E-state index is 12.3. The zero-order valence-corrected chi connectivity index (χ0v) is 13.6. The van der Waals surface area contributed by atoms with Crippen LogP contribution >= 0.6 is 0 Å². The van der Waals surface area contributed by atoms with Gasteiger partial charge in [0.25, 0.3) is 0 Å². The molecule has 0 atom stereocenters. The van der Waals surface area contributed by atoms with E-state index in [4.69, 9.17) is 10.5 Å². The predicted octanol–water partition coefficient (Wildman–Crippen LogP) is 4.73. The van der Waals surface area contributed by atoms with Crippen molar-refractivity contribution >= 4 is 33.8 Å². The first-order valence-corrected chi connectivity index (χ1v) is 8.00. The SMILES string of the molecule is CCCOC(=O)c1cc(N)ccc1Nc1cccc2ccccc12. The van der Waals surface area contributed by atoms with Crippen LogP contribution in [0.4, 0.5) is 17.1 Å². The van der Waals surface area contributed by atoms with E-state index >= 15 is 0 Å². The minimum absolute atomic E-state index is 0.369. The summed E-state index contributed by atoms with van der Waals surface area (Å²) in [5.41, 5.74) is 8.43. The van der Waals surface area contributed by atoms with E-state index in [-0.39, 0.29) is 5.97 Å². The fourth-order valence-corrected chi connectivity index (χ4v) is 2.59. The van der Waals surface area contributed by atoms with Crippen LogP contribution < -0.4 is 11.1 Å². The highest BCUT2D eigenvalue weighted by molar-refractivity contribution is 6.00. The van der Waals surface area contributed by atoms with Crippen molar-refractivity contribution in [3.8, 4) is 0 Å². The van der Waals surface area contributed by atoms with Gasteiger partial charge in [-0.2, -0.15) is 0 Å². The van der Waals surface area contributed by atoms with Crippen LogP contribution in [-0.2, 0) is 4.74 Å². The average molecular weight is 320 g/mol. The summed E-state index contributed by atoms with van der Waals surface area (Å²) >= 11 is 0. The molecule has 0 fully saturated rings. The van der Waals surface area contributed by atoms with Gasteiger partial charge in [0.1, 0.15) is 0 Å². The number of rotatable bonds is 5. The Labute approximate surface area is 141 Å². The van der Waals surface area contributed by atoms with Crippen LogP contribution in [0, 0.1) is 0 Å². The van der Waals surface area contributed by atoms with Crippen molar-refractivity contribution in [2.75, 3.05) is 17.7 Å². The van der Waals surface area contributed by atoms with Gasteiger partial charge in [-0.1, -0.05) is 43.3 Å². The topological polar surface area (TPSA) is 64.3 Å². The molecule has 4 nitrogen and oxygen atoms in total. The summed E-state index contributed by atoms with van der Waals surface area (Å²) in [6, 6.07) is 19.3. The Morgan fingerprint density at radius 2 is 1.83 bits per heavy atom. The Kier molecular flexibility index (Phi) is 4.66. The first kappa shape index (κ1) is 15.9. The minimum Gasteiger partial charge on any atom is -0.462 e. The summed E-state index contributed by atoms with van der Waals surface area (Å²) in [7, 11) is 0. The second-order valence-corrected chi connectivity index (χ2v) is 5.59. The van der Waals surface area contributed by atoms with Gasteiger partial charge in [-0.05, 0) is 36.1 Å². The molecule has 0 radical (unpaired) electrons. The number of carbonyl (C=O) groups excluding carboxylic acids is 1. The van der Waals surface area contributed by atoms with Crippen molar-refractivity contribution in [2.24, 2.45) is 0 Å². The number of hydrogen-bond acceptors (Lipinski definition) is 4. The number of hydrogen-bond donors (Lipinski definition) is 2. The average Bonchev–Trinajstić information content (AvgIpc) is 2.61. The molecular formula is C20H20N2O2. The number of carbonyl (C=O) groups is 1. The molecule has 24 heavy (non-hydrogen) atoms. The van der Waals surface area contributed by atoms with Crippen molar-refractivity contribution in [3.05, 3.63) is 66.2 Å². The van der Waals surface area contributed by atoms with E-state index in [1.54, 1.807) is 18.2 Å². The molecule has 0 spiro atoms. The number of fused-ring (bicyclic) bond motifs is 1. The minimum atomic E-state index is -0.369. The van der Waals surface area contributed by atoms with Gasteiger partial charge in [0.05, 0.1) is 17.9 Å². The van der Waals surface area contributed by atoms with E-state index in [0.717, 1.165) is 22.9 Å². The fourth-order valence-electron chi connectivity index (χ4n) is 2.59. The molecule has 0 aliphatic heterocycles. The van der Waals surface area contributed by atoms with E-state index < -0.39 is 0 Å². The molecule has 0 heterocycles. The van der Waals surface area contributed by atoms with Gasteiger partial charge in [0.2, 0.25) is 0 Å². The maximum absolute atomic E-state index is 12.3. The zero-order chi connectivity index (χ0) is 16.9. The van der Waals surface area contributed by atoms with Gasteiger partial charge in [-0.3, -0.25) is 0 Å². The molecule has 122 valence electrons. The highest BCUT2D eigenvalue weighted by Crippen LogP contribution is 2.29. The second-order valence-electron chi connectivity index (χ2n) is 5.59. The van der Waals surface area contributed by atoms with Gasteiger partial charge in [0, 0.05) is 16.8 Å². The lowest BCUT2D eigenvalue weighted by Gasteiger charge is -2.14. The van der Waals surface area contributed by atoms with Gasteiger partial charge in [0.15, 0.2) is 0 Å². The lowest BCUT2D eigenvalue weighted by molar-refractivity contribution is 0.0506. The Balaban J connectivity index is 1.98. The number of esters is 1. The Morgan fingerprint density at radius 1 is 1.04 bits per heavy atom. The first-order valence-electron chi connectivity index (χ1n) is 8.00. The molecule has 0 aliphatic carbocycles. The van der Waals surface area contributed by atoms with Crippen LogP contribution in [0.3, 0.4) is 0 Å². The second kappa shape index (κ2) is 7.04. The summed E-state index contributed by atoms with van der Waals surface area (Å²) in [5, 5.41) is 5.56. The third-order valence-corrected chi connectivity index (χ3v) is 3.76. The molecule has 3 aromatic rings. The van der Waals surface area contributed by atoms with Crippen molar-refractivity contribution in [2.45, 2.75) is 13.3 Å². The molecule has 3 N–H and O–H groups in total. The predicted molar refractivity (Wildman–Crippen MR) is 98.7 cm³/mol. The van der Waals surface area contributed by atoms with Crippen LogP contribution in [0.25, 0.3) is 10.8 Å². The number of ether oxygens (including phenoxy) is 1. The number of benzene rings is 3. The molecule has 0 saturated carbocycles. The molecule has 3 aromatic carbocycles. The standard InChI is InChI=1S/C20H20N2O2/c1-2-12-24-20(23)17-13-15(21)10-11-19(17)22-18-9-5-7-14-6-3-4-8-16(14)18/h3-11,13,22H,2,12,21H2,1H3. The molecule has 0 bridgehead atoms. The third-order valence-electron chi connectivity index (χ3n) is 3.76. The van der Waals surface area contributed by atoms with Gasteiger partial charge in [-0.25, -0.2) is 4.79 Å². The molecule has 0 aromatic heterocycles. The van der Waals surface area contributed by atoms with Crippen LogP contribution in [-0.4, -0.2) is 12.6 Å². The van der Waals surface area contributed by atoms with Crippen molar-refractivity contribution in [3.63, 3.8) is 0 Å². The van der Waals surface area contributed by atoms with Crippen LogP contribution in [0.5, 0.6) is 0 Å². The summed E-state index contributed by atoms with van der Waals surface area (Å²) in [6.45, 7) is 2.35. The van der Waals surface area contributed by atoms with E-state index in [2.05, 4.69) is 17.4 Å². The molecule has 0 saturated heterocycles. The van der Waals surface area contributed by atoms with Gasteiger partial charge < -0.3 is 15.8 Å². The highest BCUT2D eigenvalue weighted by Gasteiger charge is 2.14. The van der Waals surface area contributed by atoms with Crippen molar-refractivity contribution in [1.82, 2.24) is 0 Å². The van der Waals surface area contributed by atoms with E-state index in [9.17, 15) is 4.79 Å². The van der Waals surface area contributed by atoms with E-state index in [0.29, 0.717) is 23.5 Å². The monoisotopic (exact) mass is 320 g/mol. The smallest absolute Gasteiger partial charge is 0.340 e. The summed E-state index contributed by atoms with van der Waals surface area (Å²) in [4.78, 5) is 12.3. The molecule has 3 rings (SSSR count). The first-order chi connectivity index (χ1) is 11.7. The van der Waals surface area contributed by atoms with Gasteiger partial charge in [-0.15, -0.1) is 0 Å². The molecule has 0 aliphatic rings. The third kappa shape index (κ3) is 3.33. The quantitative estimate of drug-likeness (QED) is 0.527.